The summed E-state index contributed by atoms with van der Waals surface area (Å²) in [6, 6.07) is 0.246. The first-order chi connectivity index (χ1) is 8.70. The third-order valence-corrected chi connectivity index (χ3v) is 3.24. The fraction of sp³-hybridized carbons (Fsp3) is 0.857. The van der Waals surface area contributed by atoms with Crippen LogP contribution in [0.4, 0.5) is 0 Å². The smallest absolute Gasteiger partial charge is 0.240 e. The average molecular weight is 268 g/mol. The van der Waals surface area contributed by atoms with Crippen LogP contribution in [-0.2, 0) is 12.0 Å². The highest BCUT2D eigenvalue weighted by atomic mass is 16.5. The SMILES string of the molecule is CC(C)C(N)CCN(C)Cc1nc(C(C)(C)C)no1. The van der Waals surface area contributed by atoms with Gasteiger partial charge in [0.05, 0.1) is 6.54 Å². The molecule has 0 radical (unpaired) electrons. The van der Waals surface area contributed by atoms with Crippen molar-refractivity contribution in [3.63, 3.8) is 0 Å². The second-order valence-electron chi connectivity index (χ2n) is 6.70. The van der Waals surface area contributed by atoms with Crippen LogP contribution < -0.4 is 5.73 Å². The van der Waals surface area contributed by atoms with Crippen molar-refractivity contribution in [3.8, 4) is 0 Å². The first-order valence-electron chi connectivity index (χ1n) is 6.97. The summed E-state index contributed by atoms with van der Waals surface area (Å²) in [4.78, 5) is 6.60. The minimum atomic E-state index is -0.0691. The van der Waals surface area contributed by atoms with Crippen LogP contribution in [0.3, 0.4) is 0 Å². The van der Waals surface area contributed by atoms with Crippen LogP contribution in [0, 0.1) is 5.92 Å². The van der Waals surface area contributed by atoms with Gasteiger partial charge in [-0.25, -0.2) is 0 Å². The average Bonchev–Trinajstić information content (AvgIpc) is 2.73. The lowest BCUT2D eigenvalue weighted by Crippen LogP contribution is -2.31. The lowest BCUT2D eigenvalue weighted by atomic mass is 9.96. The topological polar surface area (TPSA) is 68.2 Å². The second-order valence-corrected chi connectivity index (χ2v) is 6.70. The molecule has 110 valence electrons. The van der Waals surface area contributed by atoms with Crippen molar-refractivity contribution in [2.24, 2.45) is 11.7 Å². The molecular weight excluding hydrogens is 240 g/mol. The van der Waals surface area contributed by atoms with Gasteiger partial charge in [0.15, 0.2) is 5.82 Å². The van der Waals surface area contributed by atoms with E-state index in [0.717, 1.165) is 18.8 Å². The molecule has 0 amide bonds. The summed E-state index contributed by atoms with van der Waals surface area (Å²) in [6.07, 6.45) is 0.981. The Hall–Kier alpha value is -0.940. The van der Waals surface area contributed by atoms with Gasteiger partial charge in [0, 0.05) is 11.5 Å². The molecule has 0 aliphatic carbocycles. The number of hydrogen-bond acceptors (Lipinski definition) is 5. The Labute approximate surface area is 116 Å². The Morgan fingerprint density at radius 2 is 1.95 bits per heavy atom. The molecule has 2 N–H and O–H groups in total. The molecule has 0 saturated carbocycles. The predicted molar refractivity (Wildman–Crippen MR) is 76.8 cm³/mol. The zero-order valence-electron chi connectivity index (χ0n) is 13.1. The first kappa shape index (κ1) is 16.1. The highest BCUT2D eigenvalue weighted by Gasteiger charge is 2.21. The number of nitrogens with zero attached hydrogens (tertiary/aromatic N) is 3. The van der Waals surface area contributed by atoms with Crippen LogP contribution in [-0.4, -0.2) is 34.7 Å². The predicted octanol–water partition coefficient (Wildman–Crippen LogP) is 2.17. The fourth-order valence-electron chi connectivity index (χ4n) is 1.64. The van der Waals surface area contributed by atoms with Crippen molar-refractivity contribution in [1.29, 1.82) is 0 Å². The first-order valence-corrected chi connectivity index (χ1v) is 6.97. The third-order valence-electron chi connectivity index (χ3n) is 3.24. The molecule has 0 aliphatic rings. The molecule has 0 fully saturated rings. The van der Waals surface area contributed by atoms with E-state index in [0.29, 0.717) is 18.4 Å². The van der Waals surface area contributed by atoms with Crippen molar-refractivity contribution >= 4 is 0 Å². The molecule has 0 aliphatic heterocycles. The maximum atomic E-state index is 6.04. The molecule has 1 unspecified atom stereocenters. The summed E-state index contributed by atoms with van der Waals surface area (Å²) in [5.74, 6) is 1.95. The normalized spacial score (nSPS) is 14.4. The standard InChI is InChI=1S/C14H28N4O/c1-10(2)11(15)7-8-18(6)9-12-16-13(17-19-12)14(3,4)5/h10-11H,7-9,15H2,1-6H3. The number of rotatable bonds is 6. The van der Waals surface area contributed by atoms with Crippen LogP contribution in [0.1, 0.15) is 52.8 Å². The summed E-state index contributed by atoms with van der Waals surface area (Å²) in [7, 11) is 2.05. The monoisotopic (exact) mass is 268 g/mol. The van der Waals surface area contributed by atoms with E-state index in [9.17, 15) is 0 Å². The quantitative estimate of drug-likeness (QED) is 0.856. The van der Waals surface area contributed by atoms with Crippen molar-refractivity contribution in [3.05, 3.63) is 11.7 Å². The Bertz CT molecular complexity index is 381. The van der Waals surface area contributed by atoms with Gasteiger partial charge >= 0.3 is 0 Å². The number of hydrogen-bond donors (Lipinski definition) is 1. The molecule has 0 bridgehead atoms. The van der Waals surface area contributed by atoms with Gasteiger partial charge in [-0.1, -0.05) is 39.8 Å². The van der Waals surface area contributed by atoms with Crippen molar-refractivity contribution in [2.45, 2.75) is 59.0 Å². The molecule has 1 heterocycles. The van der Waals surface area contributed by atoms with E-state index in [2.05, 4.69) is 49.7 Å². The summed E-state index contributed by atoms with van der Waals surface area (Å²) < 4.78 is 5.28. The molecule has 1 aromatic heterocycles. The number of aromatic nitrogens is 2. The van der Waals surface area contributed by atoms with E-state index >= 15 is 0 Å². The summed E-state index contributed by atoms with van der Waals surface area (Å²) >= 11 is 0. The summed E-state index contributed by atoms with van der Waals surface area (Å²) in [6.45, 7) is 12.1. The maximum absolute atomic E-state index is 6.04. The lowest BCUT2D eigenvalue weighted by molar-refractivity contribution is 0.251. The Balaban J connectivity index is 2.44. The van der Waals surface area contributed by atoms with Crippen LogP contribution in [0.5, 0.6) is 0 Å². The molecule has 5 heteroatoms. The Kier molecular flexibility index (Phi) is 5.50. The fourth-order valence-corrected chi connectivity index (χ4v) is 1.64. The number of nitrogens with two attached hydrogens (primary N) is 1. The van der Waals surface area contributed by atoms with E-state index in [4.69, 9.17) is 10.3 Å². The molecule has 1 aromatic rings. The molecule has 5 nitrogen and oxygen atoms in total. The van der Waals surface area contributed by atoms with Gasteiger partial charge in [-0.05, 0) is 25.9 Å². The maximum Gasteiger partial charge on any atom is 0.240 e. The molecule has 1 atom stereocenters. The zero-order valence-corrected chi connectivity index (χ0v) is 13.1. The highest BCUT2D eigenvalue weighted by molar-refractivity contribution is 4.99. The van der Waals surface area contributed by atoms with Crippen LogP contribution in [0.2, 0.25) is 0 Å². The molecule has 19 heavy (non-hydrogen) atoms. The minimum Gasteiger partial charge on any atom is -0.338 e. The highest BCUT2D eigenvalue weighted by Crippen LogP contribution is 2.18. The van der Waals surface area contributed by atoms with Gasteiger partial charge in [-0.3, -0.25) is 4.90 Å². The van der Waals surface area contributed by atoms with E-state index < -0.39 is 0 Å². The van der Waals surface area contributed by atoms with Crippen molar-refractivity contribution in [2.75, 3.05) is 13.6 Å². The minimum absolute atomic E-state index is 0.0691. The van der Waals surface area contributed by atoms with Gasteiger partial charge in [0.2, 0.25) is 5.89 Å². The second kappa shape index (κ2) is 6.48. The molecule has 0 aromatic carbocycles. The summed E-state index contributed by atoms with van der Waals surface area (Å²) in [5, 5.41) is 4.03. The third kappa shape index (κ3) is 5.28. The van der Waals surface area contributed by atoms with Gasteiger partial charge in [0.1, 0.15) is 0 Å². The Morgan fingerprint density at radius 3 is 2.42 bits per heavy atom. The van der Waals surface area contributed by atoms with E-state index in [1.165, 1.54) is 0 Å². The zero-order chi connectivity index (χ0) is 14.6. The van der Waals surface area contributed by atoms with E-state index in [-0.39, 0.29) is 11.5 Å². The van der Waals surface area contributed by atoms with Gasteiger partial charge in [0.25, 0.3) is 0 Å². The van der Waals surface area contributed by atoms with Crippen molar-refractivity contribution in [1.82, 2.24) is 15.0 Å². The molecule has 0 saturated heterocycles. The van der Waals surface area contributed by atoms with Crippen molar-refractivity contribution < 1.29 is 4.52 Å². The van der Waals surface area contributed by atoms with Gasteiger partial charge in [-0.15, -0.1) is 0 Å². The van der Waals surface area contributed by atoms with E-state index in [1.807, 2.05) is 7.05 Å². The largest absolute Gasteiger partial charge is 0.338 e. The van der Waals surface area contributed by atoms with Crippen LogP contribution >= 0.6 is 0 Å². The van der Waals surface area contributed by atoms with E-state index in [1.54, 1.807) is 0 Å². The molecular formula is C14H28N4O. The molecule has 1 rings (SSSR count). The molecule has 0 spiro atoms. The van der Waals surface area contributed by atoms with Gasteiger partial charge < -0.3 is 10.3 Å². The van der Waals surface area contributed by atoms with Crippen LogP contribution in [0.15, 0.2) is 4.52 Å². The summed E-state index contributed by atoms with van der Waals surface area (Å²) in [5.41, 5.74) is 5.97. The van der Waals surface area contributed by atoms with Gasteiger partial charge in [-0.2, -0.15) is 4.98 Å². The lowest BCUT2D eigenvalue weighted by Gasteiger charge is -2.20. The van der Waals surface area contributed by atoms with Crippen LogP contribution in [0.25, 0.3) is 0 Å². The Morgan fingerprint density at radius 1 is 1.32 bits per heavy atom.